The molecule has 1 aromatic carbocycles. The number of nitrogens with zero attached hydrogens (tertiary/aromatic N) is 5. The fraction of sp³-hybridized carbons (Fsp3) is 0.548. The van der Waals surface area contributed by atoms with Crippen molar-refractivity contribution in [2.45, 2.75) is 78.1 Å². The van der Waals surface area contributed by atoms with Crippen LogP contribution in [0.4, 0.5) is 5.69 Å². The zero-order valence-corrected chi connectivity index (χ0v) is 26.5. The Kier molecular flexibility index (Phi) is 7.35. The number of carbonyl (C=O) groups is 2. The number of nitrogens with one attached hydrogen (secondary N) is 1. The molecule has 1 aromatic heterocycles. The number of carbonyl (C=O) groups excluding carboxylic acids is 2. The lowest BCUT2D eigenvalue weighted by atomic mass is 9.95. The molecule has 2 saturated carbocycles. The lowest BCUT2D eigenvalue weighted by molar-refractivity contribution is -0.140. The molecular weight excluding hydrogens is 623 g/mol. The Morgan fingerprint density at radius 3 is 2.50 bits per heavy atom. The van der Waals surface area contributed by atoms with Gasteiger partial charge in [0.15, 0.2) is 9.84 Å². The van der Waals surface area contributed by atoms with Gasteiger partial charge in [-0.25, -0.2) is 13.4 Å². The molecule has 2 amide bonds. The number of hydrogen-bond acceptors (Lipinski definition) is 8. The van der Waals surface area contributed by atoms with Gasteiger partial charge in [0.05, 0.1) is 26.7 Å². The van der Waals surface area contributed by atoms with Crippen LogP contribution in [-0.4, -0.2) is 90.6 Å². The molecule has 7 rings (SSSR count). The molecule has 1 N–H and O–H groups in total. The van der Waals surface area contributed by atoms with Crippen LogP contribution in [0, 0.1) is 11.3 Å². The van der Waals surface area contributed by atoms with Gasteiger partial charge < -0.3 is 15.1 Å². The van der Waals surface area contributed by atoms with Crippen LogP contribution in [0.3, 0.4) is 0 Å². The molecule has 0 spiro atoms. The van der Waals surface area contributed by atoms with E-state index in [1.54, 1.807) is 30.5 Å². The molecule has 44 heavy (non-hydrogen) atoms. The van der Waals surface area contributed by atoms with Crippen molar-refractivity contribution in [3.8, 4) is 6.07 Å². The van der Waals surface area contributed by atoms with Crippen molar-refractivity contribution < 1.29 is 18.0 Å². The Bertz CT molecular complexity index is 1650. The summed E-state index contributed by atoms with van der Waals surface area (Å²) in [6.07, 6.45) is 6.00. The first kappa shape index (κ1) is 29.8. The van der Waals surface area contributed by atoms with E-state index < -0.39 is 38.0 Å². The normalized spacial score (nSPS) is 27.0. The standard InChI is InChI=1S/C31H34Cl2N6O4S/c32-24-14-21(38-13-12-37-11-1-2-22(37)17-38)4-5-26(24)44(42,43)23-15-25(28(40)36-30(19-34)7-8-30)39(18-23)29(41)31(9-10-31)20-3-6-27(33)35-16-20/h3-6,14,16,22-23,25H,1-2,7-13,15,17-18H2,(H,36,40). The maximum absolute atomic E-state index is 14.1. The van der Waals surface area contributed by atoms with E-state index in [0.29, 0.717) is 42.4 Å². The van der Waals surface area contributed by atoms with Crippen LogP contribution in [0.1, 0.15) is 50.5 Å². The summed E-state index contributed by atoms with van der Waals surface area (Å²) in [4.78, 5) is 38.0. The number of rotatable bonds is 7. The van der Waals surface area contributed by atoms with E-state index in [4.69, 9.17) is 23.2 Å². The summed E-state index contributed by atoms with van der Waals surface area (Å²) < 4.78 is 28.2. The lowest BCUT2D eigenvalue weighted by Crippen LogP contribution is -2.51. The summed E-state index contributed by atoms with van der Waals surface area (Å²) in [5.74, 6) is -0.818. The molecule has 5 fully saturated rings. The number of nitriles is 1. The quantitative estimate of drug-likeness (QED) is 0.450. The number of piperazine rings is 1. The minimum atomic E-state index is -4.02. The van der Waals surface area contributed by atoms with Crippen molar-refractivity contribution in [2.24, 2.45) is 0 Å². The van der Waals surface area contributed by atoms with Gasteiger partial charge in [-0.2, -0.15) is 5.26 Å². The van der Waals surface area contributed by atoms with Crippen LogP contribution in [0.2, 0.25) is 10.2 Å². The molecule has 3 unspecified atom stereocenters. The van der Waals surface area contributed by atoms with Gasteiger partial charge in [-0.3, -0.25) is 14.5 Å². The number of hydrogen-bond donors (Lipinski definition) is 1. The maximum Gasteiger partial charge on any atom is 0.244 e. The third-order valence-corrected chi connectivity index (χ3v) is 13.0. The van der Waals surface area contributed by atoms with Crippen LogP contribution < -0.4 is 10.2 Å². The fourth-order valence-corrected chi connectivity index (χ4v) is 9.56. The molecule has 10 nitrogen and oxygen atoms in total. The molecule has 0 bridgehead atoms. The highest BCUT2D eigenvalue weighted by molar-refractivity contribution is 7.92. The number of aromatic nitrogens is 1. The number of likely N-dealkylation sites (tertiary alicyclic amines) is 1. The van der Waals surface area contributed by atoms with E-state index in [-0.39, 0.29) is 28.8 Å². The van der Waals surface area contributed by atoms with Crippen molar-refractivity contribution in [3.63, 3.8) is 0 Å². The lowest BCUT2D eigenvalue weighted by Gasteiger charge is -2.39. The van der Waals surface area contributed by atoms with Crippen LogP contribution in [0.25, 0.3) is 0 Å². The minimum Gasteiger partial charge on any atom is -0.369 e. The molecule has 232 valence electrons. The average molecular weight is 658 g/mol. The van der Waals surface area contributed by atoms with E-state index in [0.717, 1.165) is 38.3 Å². The van der Waals surface area contributed by atoms with Gasteiger partial charge in [0.1, 0.15) is 16.7 Å². The SMILES string of the molecule is N#CC1(NC(=O)C2CC(S(=O)(=O)c3ccc(N4CCN5CCCC5C4)cc3Cl)CN2C(=O)C2(c3ccc(Cl)nc3)CC2)CC1. The largest absolute Gasteiger partial charge is 0.369 e. The van der Waals surface area contributed by atoms with E-state index in [9.17, 15) is 23.3 Å². The Hall–Kier alpha value is -2.91. The third kappa shape index (κ3) is 5.14. The third-order valence-electron chi connectivity index (χ3n) is 10.2. The van der Waals surface area contributed by atoms with Gasteiger partial charge in [0.25, 0.3) is 0 Å². The Balaban J connectivity index is 1.15. The van der Waals surface area contributed by atoms with Gasteiger partial charge in [-0.1, -0.05) is 29.3 Å². The number of anilines is 1. The second-order valence-electron chi connectivity index (χ2n) is 12.9. The minimum absolute atomic E-state index is 0.000370. The van der Waals surface area contributed by atoms with E-state index in [2.05, 4.69) is 26.2 Å². The van der Waals surface area contributed by atoms with E-state index >= 15 is 0 Å². The molecule has 0 radical (unpaired) electrons. The molecular formula is C31H34Cl2N6O4S. The molecule has 5 aliphatic rings. The maximum atomic E-state index is 14.1. The molecule has 4 heterocycles. The number of halogens is 2. The van der Waals surface area contributed by atoms with Gasteiger partial charge in [0, 0.05) is 44.1 Å². The zero-order chi connectivity index (χ0) is 30.9. The number of sulfone groups is 1. The monoisotopic (exact) mass is 656 g/mol. The Morgan fingerprint density at radius 2 is 1.84 bits per heavy atom. The smallest absolute Gasteiger partial charge is 0.244 e. The first-order valence-corrected chi connectivity index (χ1v) is 17.5. The van der Waals surface area contributed by atoms with Crippen molar-refractivity contribution >= 4 is 50.5 Å². The highest BCUT2D eigenvalue weighted by Gasteiger charge is 2.58. The molecule has 3 atom stereocenters. The topological polar surface area (TPSA) is 127 Å². The second-order valence-corrected chi connectivity index (χ2v) is 15.9. The predicted molar refractivity (Wildman–Crippen MR) is 165 cm³/mol. The van der Waals surface area contributed by atoms with Crippen molar-refractivity contribution in [1.29, 1.82) is 5.26 Å². The number of amides is 2. The van der Waals surface area contributed by atoms with Crippen LogP contribution >= 0.6 is 23.2 Å². The summed E-state index contributed by atoms with van der Waals surface area (Å²) in [7, 11) is -4.02. The summed E-state index contributed by atoms with van der Waals surface area (Å²) in [5.41, 5.74) is -0.266. The summed E-state index contributed by atoms with van der Waals surface area (Å²) in [6, 6.07) is 10.1. The first-order valence-electron chi connectivity index (χ1n) is 15.2. The Morgan fingerprint density at radius 1 is 1.05 bits per heavy atom. The van der Waals surface area contributed by atoms with Gasteiger partial charge in [0.2, 0.25) is 11.8 Å². The molecule has 2 aromatic rings. The van der Waals surface area contributed by atoms with Gasteiger partial charge >= 0.3 is 0 Å². The highest BCUT2D eigenvalue weighted by Crippen LogP contribution is 2.51. The number of pyridine rings is 1. The van der Waals surface area contributed by atoms with E-state index in [1.165, 1.54) is 11.3 Å². The second kappa shape index (κ2) is 10.9. The fourth-order valence-electron chi connectivity index (χ4n) is 7.21. The van der Waals surface area contributed by atoms with Crippen molar-refractivity contribution in [2.75, 3.05) is 37.6 Å². The average Bonchev–Trinajstić information content (AvgIpc) is 3.88. The molecule has 2 aliphatic carbocycles. The van der Waals surface area contributed by atoms with Crippen LogP contribution in [0.5, 0.6) is 0 Å². The zero-order valence-electron chi connectivity index (χ0n) is 24.2. The molecule has 3 saturated heterocycles. The van der Waals surface area contributed by atoms with Crippen molar-refractivity contribution in [1.82, 2.24) is 20.1 Å². The summed E-state index contributed by atoms with van der Waals surface area (Å²) in [6.45, 7) is 3.69. The highest BCUT2D eigenvalue weighted by atomic mass is 35.5. The Labute approximate surface area is 267 Å². The van der Waals surface area contributed by atoms with E-state index in [1.807, 2.05) is 6.07 Å². The van der Waals surface area contributed by atoms with Gasteiger partial charge in [-0.05, 0) is 81.3 Å². The molecule has 13 heteroatoms. The number of benzene rings is 1. The summed E-state index contributed by atoms with van der Waals surface area (Å²) in [5, 5.41) is 11.8. The van der Waals surface area contributed by atoms with Crippen LogP contribution in [-0.2, 0) is 24.8 Å². The summed E-state index contributed by atoms with van der Waals surface area (Å²) >= 11 is 12.7. The van der Waals surface area contributed by atoms with Crippen molar-refractivity contribution in [3.05, 3.63) is 52.3 Å². The predicted octanol–water partition coefficient (Wildman–Crippen LogP) is 3.32. The molecule has 3 aliphatic heterocycles. The van der Waals surface area contributed by atoms with Crippen LogP contribution in [0.15, 0.2) is 41.4 Å². The number of fused-ring (bicyclic) bond motifs is 1. The van der Waals surface area contributed by atoms with Gasteiger partial charge in [-0.15, -0.1) is 0 Å². The first-order chi connectivity index (χ1) is 21.0.